The molecule has 0 aliphatic rings. The second kappa shape index (κ2) is 8.48. The van der Waals surface area contributed by atoms with Gasteiger partial charge in [0.15, 0.2) is 12.4 Å². The van der Waals surface area contributed by atoms with Crippen molar-refractivity contribution in [2.45, 2.75) is 0 Å². The Morgan fingerprint density at radius 3 is 2.61 bits per heavy atom. The van der Waals surface area contributed by atoms with Crippen LogP contribution in [-0.2, 0) is 0 Å². The molecule has 0 amide bonds. The van der Waals surface area contributed by atoms with Crippen molar-refractivity contribution in [3.8, 4) is 22.8 Å². The maximum atomic E-state index is 13.3. The lowest BCUT2D eigenvalue weighted by molar-refractivity contribution is 0.0922. The summed E-state index contributed by atoms with van der Waals surface area (Å²) in [6.07, 6.45) is 1.64. The number of carbonyl (C=O) groups is 1. The number of ether oxygens (including phenoxy) is 2. The predicted molar refractivity (Wildman–Crippen MR) is 128 cm³/mol. The van der Waals surface area contributed by atoms with Gasteiger partial charge in [-0.1, -0.05) is 29.8 Å². The van der Waals surface area contributed by atoms with Gasteiger partial charge in [-0.2, -0.15) is 0 Å². The molecule has 0 atom stereocenters. The van der Waals surface area contributed by atoms with Crippen LogP contribution >= 0.6 is 11.6 Å². The van der Waals surface area contributed by atoms with Crippen LogP contribution in [0.2, 0.25) is 5.02 Å². The number of rotatable bonds is 6. The number of aromatic nitrogens is 1. The van der Waals surface area contributed by atoms with Gasteiger partial charge in [0.2, 0.25) is 17.0 Å². The molecule has 5 aromatic rings. The van der Waals surface area contributed by atoms with Crippen molar-refractivity contribution in [2.24, 2.45) is 0 Å². The summed E-state index contributed by atoms with van der Waals surface area (Å²) in [6, 6.07) is 19.3. The summed E-state index contributed by atoms with van der Waals surface area (Å²) in [5, 5.41) is 1.46. The van der Waals surface area contributed by atoms with E-state index >= 15 is 0 Å². The highest BCUT2D eigenvalue weighted by Crippen LogP contribution is 2.33. The van der Waals surface area contributed by atoms with E-state index in [2.05, 4.69) is 4.98 Å². The largest absolute Gasteiger partial charge is 0.497 e. The number of benzene rings is 3. The van der Waals surface area contributed by atoms with Crippen LogP contribution in [0.15, 0.2) is 82.1 Å². The molecule has 0 saturated carbocycles. The Hall–Kier alpha value is -4.03. The Labute approximate surface area is 193 Å². The van der Waals surface area contributed by atoms with Crippen LogP contribution in [-0.4, -0.2) is 24.5 Å². The van der Waals surface area contributed by atoms with Crippen LogP contribution < -0.4 is 14.9 Å². The summed E-state index contributed by atoms with van der Waals surface area (Å²) < 4.78 is 17.1. The fraction of sp³-hybridized carbons (Fsp3) is 0.0769. The number of fused-ring (bicyclic) bond motifs is 2. The Morgan fingerprint density at radius 2 is 1.82 bits per heavy atom. The first kappa shape index (κ1) is 20.8. The van der Waals surface area contributed by atoms with Gasteiger partial charge in [0.25, 0.3) is 0 Å². The number of halogens is 1. The zero-order valence-electron chi connectivity index (χ0n) is 17.6. The molecule has 33 heavy (non-hydrogen) atoms. The number of ketones is 1. The van der Waals surface area contributed by atoms with Crippen molar-refractivity contribution in [1.82, 2.24) is 4.98 Å². The van der Waals surface area contributed by atoms with Crippen LogP contribution in [0, 0.1) is 0 Å². The molecular weight excluding hydrogens is 442 g/mol. The van der Waals surface area contributed by atoms with Crippen molar-refractivity contribution in [3.05, 3.63) is 93.7 Å². The normalized spacial score (nSPS) is 11.1. The van der Waals surface area contributed by atoms with E-state index in [1.807, 2.05) is 24.3 Å². The van der Waals surface area contributed by atoms with Gasteiger partial charge in [0.1, 0.15) is 11.3 Å². The van der Waals surface area contributed by atoms with E-state index in [1.54, 1.807) is 49.7 Å². The molecule has 0 bridgehead atoms. The zero-order valence-corrected chi connectivity index (χ0v) is 18.3. The number of carbonyl (C=O) groups excluding carboxylic acids is 1. The molecule has 0 radical (unpaired) electrons. The number of H-pyrrole nitrogens is 1. The smallest absolute Gasteiger partial charge is 0.235 e. The van der Waals surface area contributed by atoms with Gasteiger partial charge in [-0.15, -0.1) is 0 Å². The van der Waals surface area contributed by atoms with Crippen molar-refractivity contribution >= 4 is 39.3 Å². The van der Waals surface area contributed by atoms with Gasteiger partial charge in [-0.05, 0) is 48.5 Å². The van der Waals surface area contributed by atoms with Crippen LogP contribution in [0.4, 0.5) is 0 Å². The Balaban J connectivity index is 1.57. The molecule has 0 saturated heterocycles. The number of methoxy groups -OCH3 is 1. The second-order valence-corrected chi connectivity index (χ2v) is 7.85. The summed E-state index contributed by atoms with van der Waals surface area (Å²) in [4.78, 5) is 29.3. The first-order chi connectivity index (χ1) is 16.0. The average Bonchev–Trinajstić information content (AvgIpc) is 3.28. The molecule has 2 aromatic heterocycles. The third-order valence-electron chi connectivity index (χ3n) is 5.40. The number of hydrogen-bond donors (Lipinski definition) is 1. The maximum Gasteiger partial charge on any atom is 0.235 e. The summed E-state index contributed by atoms with van der Waals surface area (Å²) >= 11 is 6.09. The first-order valence-electron chi connectivity index (χ1n) is 10.2. The molecule has 1 N–H and O–H groups in total. The number of para-hydroxylation sites is 1. The summed E-state index contributed by atoms with van der Waals surface area (Å²) in [7, 11) is 1.57. The molecule has 0 unspecified atom stereocenters. The molecule has 0 spiro atoms. The van der Waals surface area contributed by atoms with Crippen molar-refractivity contribution < 1.29 is 18.7 Å². The van der Waals surface area contributed by atoms with Gasteiger partial charge >= 0.3 is 0 Å². The highest BCUT2D eigenvalue weighted by atomic mass is 35.5. The van der Waals surface area contributed by atoms with Crippen LogP contribution in [0.5, 0.6) is 11.5 Å². The Kier molecular flexibility index (Phi) is 5.36. The molecule has 164 valence electrons. The van der Waals surface area contributed by atoms with Crippen molar-refractivity contribution in [3.63, 3.8) is 0 Å². The number of aromatic amines is 1. The molecule has 0 aliphatic heterocycles. The van der Waals surface area contributed by atoms with Gasteiger partial charge < -0.3 is 18.9 Å². The predicted octanol–water partition coefficient (Wildman–Crippen LogP) is 5.87. The van der Waals surface area contributed by atoms with Gasteiger partial charge in [-0.25, -0.2) is 0 Å². The molecule has 0 aliphatic carbocycles. The fourth-order valence-corrected chi connectivity index (χ4v) is 3.90. The minimum atomic E-state index is -0.406. The first-order valence-corrected chi connectivity index (χ1v) is 10.6. The van der Waals surface area contributed by atoms with E-state index in [0.717, 1.165) is 10.9 Å². The summed E-state index contributed by atoms with van der Waals surface area (Å²) in [5.74, 6) is 0.566. The lowest BCUT2D eigenvalue weighted by Gasteiger charge is -2.12. The van der Waals surface area contributed by atoms with Crippen LogP contribution in [0.1, 0.15) is 10.4 Å². The minimum absolute atomic E-state index is 0.0527. The molecule has 2 heterocycles. The second-order valence-electron chi connectivity index (χ2n) is 7.42. The van der Waals surface area contributed by atoms with E-state index in [1.165, 1.54) is 6.07 Å². The minimum Gasteiger partial charge on any atom is -0.497 e. The molecule has 7 heteroatoms. The van der Waals surface area contributed by atoms with Gasteiger partial charge in [0.05, 0.1) is 12.5 Å². The highest BCUT2D eigenvalue weighted by molar-refractivity contribution is 6.31. The lowest BCUT2D eigenvalue weighted by atomic mass is 10.1. The standard InChI is InChI=1S/C26H18ClNO5/c1-31-17-9-6-15(7-10-17)25-26(24(30)19-12-16(27)8-11-23(19)33-25)32-14-22(29)20-13-28-21-5-3-2-4-18(20)21/h2-13,28H,14H2,1H3. The lowest BCUT2D eigenvalue weighted by Crippen LogP contribution is -2.17. The quantitative estimate of drug-likeness (QED) is 0.321. The van der Waals surface area contributed by atoms with E-state index in [4.69, 9.17) is 25.5 Å². The van der Waals surface area contributed by atoms with Gasteiger partial charge in [-0.3, -0.25) is 9.59 Å². The van der Waals surface area contributed by atoms with Crippen LogP contribution in [0.25, 0.3) is 33.2 Å². The fourth-order valence-electron chi connectivity index (χ4n) is 3.73. The van der Waals surface area contributed by atoms with Crippen molar-refractivity contribution in [1.29, 1.82) is 0 Å². The summed E-state index contributed by atoms with van der Waals surface area (Å²) in [6.45, 7) is -0.332. The van der Waals surface area contributed by atoms with E-state index in [0.29, 0.717) is 27.5 Å². The van der Waals surface area contributed by atoms with E-state index in [-0.39, 0.29) is 29.3 Å². The molecule has 3 aromatic carbocycles. The SMILES string of the molecule is COc1ccc(-c2oc3ccc(Cl)cc3c(=O)c2OCC(=O)c2c[nH]c3ccccc23)cc1. The highest BCUT2D eigenvalue weighted by Gasteiger charge is 2.20. The third-order valence-corrected chi connectivity index (χ3v) is 5.64. The topological polar surface area (TPSA) is 81.5 Å². The van der Waals surface area contributed by atoms with Gasteiger partial charge in [0, 0.05) is 33.2 Å². The third kappa shape index (κ3) is 3.85. The molecule has 0 fully saturated rings. The van der Waals surface area contributed by atoms with Crippen molar-refractivity contribution in [2.75, 3.05) is 13.7 Å². The molecule has 5 rings (SSSR count). The number of Topliss-reactive ketones (excluding diaryl/α,β-unsaturated/α-hetero) is 1. The zero-order chi connectivity index (χ0) is 22.9. The maximum absolute atomic E-state index is 13.3. The Bertz CT molecular complexity index is 1550. The molecular formula is C26H18ClNO5. The molecule has 6 nitrogen and oxygen atoms in total. The summed E-state index contributed by atoms with van der Waals surface area (Å²) in [5.41, 5.74) is 1.91. The van der Waals surface area contributed by atoms with E-state index < -0.39 is 5.43 Å². The number of nitrogens with one attached hydrogen (secondary N) is 1. The Morgan fingerprint density at radius 1 is 1.03 bits per heavy atom. The monoisotopic (exact) mass is 459 g/mol. The van der Waals surface area contributed by atoms with E-state index in [9.17, 15) is 9.59 Å². The number of hydrogen-bond acceptors (Lipinski definition) is 5. The van der Waals surface area contributed by atoms with Crippen LogP contribution in [0.3, 0.4) is 0 Å². The average molecular weight is 460 g/mol.